The van der Waals surface area contributed by atoms with Gasteiger partial charge in [0, 0.05) is 18.4 Å². The van der Waals surface area contributed by atoms with Crippen LogP contribution < -0.4 is 4.74 Å². The number of aliphatic hydroxyl groups excluding tert-OH is 2. The third-order valence-corrected chi connectivity index (χ3v) is 5.48. The molecule has 0 aromatic heterocycles. The van der Waals surface area contributed by atoms with Gasteiger partial charge in [-0.2, -0.15) is 13.2 Å². The SMILES string of the molecule is COc1ccc2c(c1)CC[C@]1(C(F)(F)F)[C@H]2C[C@H](O)[C@@H]1CO. The Morgan fingerprint density at radius 1 is 1.36 bits per heavy atom. The van der Waals surface area contributed by atoms with Gasteiger partial charge in [-0.15, -0.1) is 0 Å². The summed E-state index contributed by atoms with van der Waals surface area (Å²) < 4.78 is 46.8. The summed E-state index contributed by atoms with van der Waals surface area (Å²) in [6.07, 6.45) is -5.40. The number of halogens is 3. The first kappa shape index (κ1) is 15.6. The molecule has 122 valence electrons. The third-order valence-electron chi connectivity index (χ3n) is 5.48. The Morgan fingerprint density at radius 3 is 2.68 bits per heavy atom. The monoisotopic (exact) mass is 316 g/mol. The van der Waals surface area contributed by atoms with Crippen LogP contribution in [0.2, 0.25) is 0 Å². The van der Waals surface area contributed by atoms with Gasteiger partial charge in [0.1, 0.15) is 5.75 Å². The number of fused-ring (bicyclic) bond motifs is 3. The van der Waals surface area contributed by atoms with Gasteiger partial charge in [0.25, 0.3) is 0 Å². The van der Waals surface area contributed by atoms with Crippen LogP contribution in [-0.4, -0.2) is 36.2 Å². The number of benzene rings is 1. The molecule has 0 amide bonds. The summed E-state index contributed by atoms with van der Waals surface area (Å²) in [4.78, 5) is 0. The highest BCUT2D eigenvalue weighted by atomic mass is 19.4. The number of hydrogen-bond acceptors (Lipinski definition) is 3. The van der Waals surface area contributed by atoms with E-state index < -0.39 is 36.1 Å². The van der Waals surface area contributed by atoms with Crippen molar-refractivity contribution in [1.82, 2.24) is 0 Å². The molecule has 1 aromatic carbocycles. The highest BCUT2D eigenvalue weighted by Gasteiger charge is 2.69. The predicted molar refractivity (Wildman–Crippen MR) is 73.7 cm³/mol. The molecule has 0 spiro atoms. The topological polar surface area (TPSA) is 49.7 Å². The van der Waals surface area contributed by atoms with Crippen molar-refractivity contribution in [3.8, 4) is 5.75 Å². The van der Waals surface area contributed by atoms with E-state index in [0.29, 0.717) is 11.3 Å². The highest BCUT2D eigenvalue weighted by Crippen LogP contribution is 2.65. The predicted octanol–water partition coefficient (Wildman–Crippen LogP) is 2.65. The zero-order valence-electron chi connectivity index (χ0n) is 12.2. The normalized spacial score (nSPS) is 34.2. The van der Waals surface area contributed by atoms with Gasteiger partial charge in [0.15, 0.2) is 0 Å². The molecule has 6 heteroatoms. The lowest BCUT2D eigenvalue weighted by atomic mass is 9.61. The van der Waals surface area contributed by atoms with E-state index in [2.05, 4.69) is 0 Å². The molecule has 1 saturated carbocycles. The fourth-order valence-electron chi connectivity index (χ4n) is 4.42. The van der Waals surface area contributed by atoms with Crippen molar-refractivity contribution >= 4 is 0 Å². The zero-order chi connectivity index (χ0) is 16.1. The summed E-state index contributed by atoms with van der Waals surface area (Å²) in [5.41, 5.74) is -0.572. The van der Waals surface area contributed by atoms with Crippen molar-refractivity contribution in [1.29, 1.82) is 0 Å². The van der Waals surface area contributed by atoms with Gasteiger partial charge in [-0.1, -0.05) is 6.07 Å². The van der Waals surface area contributed by atoms with Gasteiger partial charge in [0.2, 0.25) is 0 Å². The van der Waals surface area contributed by atoms with Crippen LogP contribution in [-0.2, 0) is 6.42 Å². The lowest BCUT2D eigenvalue weighted by molar-refractivity contribution is -0.254. The van der Waals surface area contributed by atoms with E-state index >= 15 is 0 Å². The van der Waals surface area contributed by atoms with E-state index in [4.69, 9.17) is 4.74 Å². The first-order valence-electron chi connectivity index (χ1n) is 7.37. The van der Waals surface area contributed by atoms with E-state index in [1.54, 1.807) is 18.2 Å². The standard InChI is InChI=1S/C16H19F3O3/c1-22-10-2-3-11-9(6-10)4-5-15(16(17,18)19)12(11)7-14(21)13(15)8-20/h2-3,6,12-14,20-21H,4-5,7-8H2,1H3/t12-,13-,14-,15-/m0/s1. The van der Waals surface area contributed by atoms with E-state index in [9.17, 15) is 23.4 Å². The minimum absolute atomic E-state index is 0.0318. The fraction of sp³-hybridized carbons (Fsp3) is 0.625. The molecule has 3 nitrogen and oxygen atoms in total. The molecule has 0 unspecified atom stereocenters. The average molecular weight is 316 g/mol. The van der Waals surface area contributed by atoms with Crippen LogP contribution in [0.5, 0.6) is 5.75 Å². The largest absolute Gasteiger partial charge is 0.497 e. The summed E-state index contributed by atoms with van der Waals surface area (Å²) in [5.74, 6) is -1.35. The molecule has 2 aliphatic rings. The van der Waals surface area contributed by atoms with Crippen LogP contribution in [0.15, 0.2) is 18.2 Å². The number of aliphatic hydroxyl groups is 2. The summed E-state index contributed by atoms with van der Waals surface area (Å²) in [6.45, 7) is -0.650. The smallest absolute Gasteiger partial charge is 0.395 e. The van der Waals surface area contributed by atoms with Crippen LogP contribution in [0.1, 0.15) is 29.9 Å². The van der Waals surface area contributed by atoms with E-state index in [-0.39, 0.29) is 19.3 Å². The molecule has 1 aromatic rings. The van der Waals surface area contributed by atoms with Crippen LogP contribution in [0, 0.1) is 11.3 Å². The maximum atomic E-state index is 13.9. The number of ether oxygens (including phenoxy) is 1. The lowest BCUT2D eigenvalue weighted by Crippen LogP contribution is -2.49. The van der Waals surface area contributed by atoms with Crippen molar-refractivity contribution in [2.75, 3.05) is 13.7 Å². The second kappa shape index (κ2) is 5.13. The highest BCUT2D eigenvalue weighted by molar-refractivity contribution is 5.43. The van der Waals surface area contributed by atoms with Gasteiger partial charge in [0.05, 0.1) is 18.6 Å². The van der Waals surface area contributed by atoms with Crippen molar-refractivity contribution in [2.45, 2.75) is 37.5 Å². The molecule has 0 bridgehead atoms. The second-order valence-electron chi connectivity index (χ2n) is 6.25. The summed E-state index contributed by atoms with van der Waals surface area (Å²) in [6, 6.07) is 5.10. The number of rotatable bonds is 2. The molecule has 2 N–H and O–H groups in total. The van der Waals surface area contributed by atoms with Gasteiger partial charge in [-0.25, -0.2) is 0 Å². The van der Waals surface area contributed by atoms with Crippen molar-refractivity contribution in [3.63, 3.8) is 0 Å². The molecular formula is C16H19F3O3. The van der Waals surface area contributed by atoms with Crippen molar-refractivity contribution in [3.05, 3.63) is 29.3 Å². The second-order valence-corrected chi connectivity index (χ2v) is 6.25. The van der Waals surface area contributed by atoms with Gasteiger partial charge < -0.3 is 14.9 Å². The van der Waals surface area contributed by atoms with Crippen LogP contribution >= 0.6 is 0 Å². The van der Waals surface area contributed by atoms with E-state index in [0.717, 1.165) is 5.56 Å². The third kappa shape index (κ3) is 1.97. The van der Waals surface area contributed by atoms with E-state index in [1.807, 2.05) is 0 Å². The molecule has 3 rings (SSSR count). The number of aryl methyl sites for hydroxylation is 1. The fourth-order valence-corrected chi connectivity index (χ4v) is 4.42. The minimum atomic E-state index is -4.46. The molecular weight excluding hydrogens is 297 g/mol. The Labute approximate surface area is 126 Å². The van der Waals surface area contributed by atoms with Crippen LogP contribution in [0.25, 0.3) is 0 Å². The van der Waals surface area contributed by atoms with Gasteiger partial charge in [-0.3, -0.25) is 0 Å². The molecule has 0 heterocycles. The van der Waals surface area contributed by atoms with Crippen LogP contribution in [0.3, 0.4) is 0 Å². The summed E-state index contributed by atoms with van der Waals surface area (Å²) in [5, 5.41) is 19.5. The van der Waals surface area contributed by atoms with Gasteiger partial charge in [-0.05, 0) is 42.5 Å². The Bertz CT molecular complexity index is 572. The molecule has 4 atom stereocenters. The van der Waals surface area contributed by atoms with Crippen LogP contribution in [0.4, 0.5) is 13.2 Å². The zero-order valence-corrected chi connectivity index (χ0v) is 12.2. The average Bonchev–Trinajstić information content (AvgIpc) is 2.78. The Kier molecular flexibility index (Phi) is 3.64. The maximum Gasteiger partial charge on any atom is 0.395 e. The Balaban J connectivity index is 2.13. The Morgan fingerprint density at radius 2 is 2.09 bits per heavy atom. The Hall–Kier alpha value is -1.27. The maximum absolute atomic E-state index is 13.9. The molecule has 0 radical (unpaired) electrons. The van der Waals surface area contributed by atoms with Gasteiger partial charge >= 0.3 is 6.18 Å². The summed E-state index contributed by atoms with van der Waals surface area (Å²) in [7, 11) is 1.52. The number of hydrogen-bond donors (Lipinski definition) is 2. The molecule has 22 heavy (non-hydrogen) atoms. The molecule has 1 fully saturated rings. The first-order chi connectivity index (χ1) is 10.3. The minimum Gasteiger partial charge on any atom is -0.497 e. The first-order valence-corrected chi connectivity index (χ1v) is 7.37. The quantitative estimate of drug-likeness (QED) is 0.882. The number of alkyl halides is 3. The van der Waals surface area contributed by atoms with E-state index in [1.165, 1.54) is 7.11 Å². The molecule has 0 aliphatic heterocycles. The number of methoxy groups -OCH3 is 1. The lowest BCUT2D eigenvalue weighted by Gasteiger charge is -2.45. The molecule has 2 aliphatic carbocycles. The molecule has 0 saturated heterocycles. The van der Waals surface area contributed by atoms with Crippen molar-refractivity contribution < 1.29 is 28.1 Å². The summed E-state index contributed by atoms with van der Waals surface area (Å²) >= 11 is 0. The van der Waals surface area contributed by atoms with Crippen molar-refractivity contribution in [2.24, 2.45) is 11.3 Å².